The minimum absolute atomic E-state index is 0.0241. The van der Waals surface area contributed by atoms with E-state index in [4.69, 9.17) is 16.3 Å². The van der Waals surface area contributed by atoms with Crippen molar-refractivity contribution in [3.63, 3.8) is 0 Å². The Kier molecular flexibility index (Phi) is 6.84. The third-order valence-corrected chi connectivity index (χ3v) is 4.56. The molecule has 1 N–H and O–H groups in total. The third kappa shape index (κ3) is 5.76. The lowest BCUT2D eigenvalue weighted by Gasteiger charge is -2.16. The number of hydrogen-bond acceptors (Lipinski definition) is 4. The Morgan fingerprint density at radius 1 is 1.16 bits per heavy atom. The highest BCUT2D eigenvalue weighted by Gasteiger charge is 2.23. The number of ether oxygens (including phenoxy) is 1. The molecule has 132 valence electrons. The smallest absolute Gasteiger partial charge is 0.319 e. The molecular formula is C18H17ClFNO3S. The fourth-order valence-electron chi connectivity index (χ4n) is 1.90. The van der Waals surface area contributed by atoms with E-state index in [1.54, 1.807) is 6.92 Å². The Labute approximate surface area is 154 Å². The number of rotatable bonds is 6. The van der Waals surface area contributed by atoms with Gasteiger partial charge >= 0.3 is 5.97 Å². The van der Waals surface area contributed by atoms with E-state index in [2.05, 4.69) is 5.32 Å². The molecule has 0 heterocycles. The number of thioether (sulfide) groups is 1. The van der Waals surface area contributed by atoms with Crippen molar-refractivity contribution in [1.82, 2.24) is 0 Å². The first-order valence-electron chi connectivity index (χ1n) is 7.55. The lowest BCUT2D eigenvalue weighted by molar-refractivity contribution is -0.152. The predicted octanol–water partition coefficient (Wildman–Crippen LogP) is 4.53. The topological polar surface area (TPSA) is 55.4 Å². The molecule has 0 aliphatic heterocycles. The fourth-order valence-corrected chi connectivity index (χ4v) is 2.93. The van der Waals surface area contributed by atoms with Crippen molar-refractivity contribution < 1.29 is 18.7 Å². The minimum Gasteiger partial charge on any atom is -0.452 e. The van der Waals surface area contributed by atoms with Crippen molar-refractivity contribution >= 4 is 40.9 Å². The molecule has 25 heavy (non-hydrogen) atoms. The lowest BCUT2D eigenvalue weighted by Crippen LogP contribution is -2.32. The highest BCUT2D eigenvalue weighted by molar-refractivity contribution is 8.00. The summed E-state index contributed by atoms with van der Waals surface area (Å²) in [6, 6.07) is 13.3. The molecule has 0 aromatic heterocycles. The lowest BCUT2D eigenvalue weighted by atomic mass is 10.3. The standard InChI is InChI=1S/C18H17ClFNO3S/c1-11(17(22)21-16-9-8-13(19)10-15(16)20)24-18(23)12(2)25-14-6-4-3-5-7-14/h3-12H,1-2H3,(H,21,22)/t11-,12+/m1/s1. The van der Waals surface area contributed by atoms with Crippen LogP contribution in [0.5, 0.6) is 0 Å². The molecule has 0 bridgehead atoms. The van der Waals surface area contributed by atoms with Crippen LogP contribution in [0.1, 0.15) is 13.8 Å². The van der Waals surface area contributed by atoms with Gasteiger partial charge in [0.15, 0.2) is 6.10 Å². The van der Waals surface area contributed by atoms with Gasteiger partial charge in [0.2, 0.25) is 0 Å². The zero-order chi connectivity index (χ0) is 18.4. The number of benzene rings is 2. The summed E-state index contributed by atoms with van der Waals surface area (Å²) in [6.45, 7) is 3.13. The monoisotopic (exact) mass is 381 g/mol. The van der Waals surface area contributed by atoms with Crippen LogP contribution >= 0.6 is 23.4 Å². The molecule has 2 aromatic rings. The number of carbonyl (C=O) groups is 2. The van der Waals surface area contributed by atoms with Crippen LogP contribution in [0.3, 0.4) is 0 Å². The van der Waals surface area contributed by atoms with E-state index < -0.39 is 29.0 Å². The van der Waals surface area contributed by atoms with Crippen molar-refractivity contribution in [2.75, 3.05) is 5.32 Å². The van der Waals surface area contributed by atoms with E-state index in [1.165, 1.54) is 30.8 Å². The van der Waals surface area contributed by atoms with Crippen LogP contribution in [0, 0.1) is 5.82 Å². The van der Waals surface area contributed by atoms with Crippen molar-refractivity contribution in [1.29, 1.82) is 0 Å². The van der Waals surface area contributed by atoms with Gasteiger partial charge in [-0.2, -0.15) is 0 Å². The van der Waals surface area contributed by atoms with Gasteiger partial charge in [-0.25, -0.2) is 4.39 Å². The Bertz CT molecular complexity index is 757. The molecule has 7 heteroatoms. The molecule has 0 aliphatic carbocycles. The number of hydrogen-bond donors (Lipinski definition) is 1. The van der Waals surface area contributed by atoms with Crippen molar-refractivity contribution in [2.45, 2.75) is 30.1 Å². The van der Waals surface area contributed by atoms with Gasteiger partial charge in [0.05, 0.1) is 5.69 Å². The number of anilines is 1. The maximum atomic E-state index is 13.7. The van der Waals surface area contributed by atoms with Gasteiger partial charge in [0.25, 0.3) is 5.91 Å². The second-order valence-corrected chi connectivity index (χ2v) is 7.12. The van der Waals surface area contributed by atoms with Crippen LogP contribution in [0.4, 0.5) is 10.1 Å². The first-order valence-corrected chi connectivity index (χ1v) is 8.80. The number of esters is 1. The van der Waals surface area contributed by atoms with Crippen molar-refractivity contribution in [3.8, 4) is 0 Å². The number of halogens is 2. The normalized spacial score (nSPS) is 13.0. The van der Waals surface area contributed by atoms with Gasteiger partial charge in [-0.1, -0.05) is 29.8 Å². The zero-order valence-corrected chi connectivity index (χ0v) is 15.2. The number of carbonyl (C=O) groups excluding carboxylic acids is 2. The molecule has 0 fully saturated rings. The number of amides is 1. The summed E-state index contributed by atoms with van der Waals surface area (Å²) in [5.41, 5.74) is -0.0241. The second kappa shape index (κ2) is 8.87. The van der Waals surface area contributed by atoms with Gasteiger partial charge in [0.1, 0.15) is 11.1 Å². The van der Waals surface area contributed by atoms with Crippen molar-refractivity contribution in [2.24, 2.45) is 0 Å². The average molecular weight is 382 g/mol. The summed E-state index contributed by atoms with van der Waals surface area (Å²) < 4.78 is 18.9. The first-order chi connectivity index (χ1) is 11.9. The highest BCUT2D eigenvalue weighted by Crippen LogP contribution is 2.24. The van der Waals surface area contributed by atoms with Crippen LogP contribution in [0.2, 0.25) is 5.02 Å². The van der Waals surface area contributed by atoms with Crippen molar-refractivity contribution in [3.05, 3.63) is 59.4 Å². The molecule has 0 aliphatic rings. The molecule has 0 radical (unpaired) electrons. The highest BCUT2D eigenvalue weighted by atomic mass is 35.5. The van der Waals surface area contributed by atoms with Crippen LogP contribution < -0.4 is 5.32 Å². The molecular weight excluding hydrogens is 365 g/mol. The minimum atomic E-state index is -1.05. The Morgan fingerprint density at radius 2 is 1.84 bits per heavy atom. The first kappa shape index (κ1) is 19.3. The fraction of sp³-hybridized carbons (Fsp3) is 0.222. The quantitative estimate of drug-likeness (QED) is 0.590. The van der Waals surface area contributed by atoms with E-state index in [1.807, 2.05) is 30.3 Å². The van der Waals surface area contributed by atoms with Crippen LogP contribution in [0.15, 0.2) is 53.4 Å². The summed E-state index contributed by atoms with van der Waals surface area (Å²) >= 11 is 6.99. The summed E-state index contributed by atoms with van der Waals surface area (Å²) in [5.74, 6) is -1.80. The Balaban J connectivity index is 1.90. The Morgan fingerprint density at radius 3 is 2.48 bits per heavy atom. The molecule has 0 saturated heterocycles. The Hall–Kier alpha value is -2.05. The number of nitrogens with one attached hydrogen (secondary N) is 1. The van der Waals surface area contributed by atoms with E-state index in [9.17, 15) is 14.0 Å². The van der Waals surface area contributed by atoms with E-state index >= 15 is 0 Å². The predicted molar refractivity (Wildman–Crippen MR) is 97.4 cm³/mol. The third-order valence-electron chi connectivity index (χ3n) is 3.24. The van der Waals surface area contributed by atoms with Gasteiger partial charge in [-0.3, -0.25) is 9.59 Å². The largest absolute Gasteiger partial charge is 0.452 e. The molecule has 0 saturated carbocycles. The van der Waals surface area contributed by atoms with Gasteiger partial charge < -0.3 is 10.1 Å². The summed E-state index contributed by atoms with van der Waals surface area (Å²) in [5, 5.41) is 2.12. The van der Waals surface area contributed by atoms with E-state index in [0.717, 1.165) is 11.0 Å². The zero-order valence-electron chi connectivity index (χ0n) is 13.7. The molecule has 0 spiro atoms. The molecule has 2 aromatic carbocycles. The SMILES string of the molecule is C[C@H](Sc1ccccc1)C(=O)O[C@H](C)C(=O)Nc1ccc(Cl)cc1F. The van der Waals surface area contributed by atoms with Crippen LogP contribution in [-0.4, -0.2) is 23.2 Å². The maximum absolute atomic E-state index is 13.7. The van der Waals surface area contributed by atoms with Gasteiger partial charge in [-0.15, -0.1) is 11.8 Å². The molecule has 1 amide bonds. The maximum Gasteiger partial charge on any atom is 0.319 e. The van der Waals surface area contributed by atoms with Gasteiger partial charge in [0, 0.05) is 9.92 Å². The molecule has 0 unspecified atom stereocenters. The second-order valence-electron chi connectivity index (χ2n) is 5.27. The molecule has 4 nitrogen and oxygen atoms in total. The molecule has 2 rings (SSSR count). The average Bonchev–Trinajstić information content (AvgIpc) is 2.58. The van der Waals surface area contributed by atoms with E-state index in [0.29, 0.717) is 0 Å². The van der Waals surface area contributed by atoms with Crippen LogP contribution in [-0.2, 0) is 14.3 Å². The van der Waals surface area contributed by atoms with E-state index in [-0.39, 0.29) is 10.7 Å². The van der Waals surface area contributed by atoms with Gasteiger partial charge in [-0.05, 0) is 44.2 Å². The summed E-state index contributed by atoms with van der Waals surface area (Å²) in [6.07, 6.45) is -1.05. The summed E-state index contributed by atoms with van der Waals surface area (Å²) in [4.78, 5) is 25.1. The van der Waals surface area contributed by atoms with Crippen LogP contribution in [0.25, 0.3) is 0 Å². The molecule has 2 atom stereocenters. The summed E-state index contributed by atoms with van der Waals surface area (Å²) in [7, 11) is 0.